The lowest BCUT2D eigenvalue weighted by molar-refractivity contribution is 0.191. The van der Waals surface area contributed by atoms with Crippen LogP contribution in [0.4, 0.5) is 0 Å². The summed E-state index contributed by atoms with van der Waals surface area (Å²) < 4.78 is 0. The molecule has 1 aliphatic heterocycles. The summed E-state index contributed by atoms with van der Waals surface area (Å²) in [5.74, 6) is 0.932. The summed E-state index contributed by atoms with van der Waals surface area (Å²) in [6.45, 7) is 11.7. The van der Waals surface area contributed by atoms with Gasteiger partial charge in [-0.15, -0.1) is 11.3 Å². The molecule has 1 unspecified atom stereocenters. The maximum absolute atomic E-state index is 3.65. The van der Waals surface area contributed by atoms with Crippen molar-refractivity contribution in [3.8, 4) is 0 Å². The first-order chi connectivity index (χ1) is 8.66. The maximum atomic E-state index is 3.65. The van der Waals surface area contributed by atoms with Crippen LogP contribution in [0.25, 0.3) is 0 Å². The summed E-state index contributed by atoms with van der Waals surface area (Å²) in [6, 6.07) is 2.71. The van der Waals surface area contributed by atoms with Gasteiger partial charge in [-0.25, -0.2) is 0 Å². The highest BCUT2D eigenvalue weighted by molar-refractivity contribution is 7.10. The van der Waals surface area contributed by atoms with Crippen molar-refractivity contribution in [1.29, 1.82) is 0 Å². The summed E-state index contributed by atoms with van der Waals surface area (Å²) in [4.78, 5) is 4.09. The Morgan fingerprint density at radius 1 is 1.44 bits per heavy atom. The highest BCUT2D eigenvalue weighted by atomic mass is 32.1. The Labute approximate surface area is 115 Å². The van der Waals surface area contributed by atoms with E-state index in [1.54, 1.807) is 0 Å². The Balaban J connectivity index is 1.68. The Hall–Kier alpha value is -0.380. The standard InChI is InChI=1S/C15H26N2S/c1-12-4-8-17(9-5-12)10-7-16-14(3)15-13(2)6-11-18-15/h6,11-12,14,16H,4-5,7-10H2,1-3H3. The minimum atomic E-state index is 0.494. The zero-order chi connectivity index (χ0) is 13.0. The molecule has 1 saturated heterocycles. The van der Waals surface area contributed by atoms with Crippen molar-refractivity contribution in [2.24, 2.45) is 5.92 Å². The van der Waals surface area contributed by atoms with Crippen molar-refractivity contribution in [2.45, 2.75) is 39.7 Å². The average Bonchev–Trinajstić information content (AvgIpc) is 2.78. The third kappa shape index (κ3) is 3.81. The van der Waals surface area contributed by atoms with Crippen LogP contribution in [0.1, 0.15) is 43.2 Å². The Morgan fingerprint density at radius 2 is 2.17 bits per heavy atom. The number of nitrogens with one attached hydrogen (secondary N) is 1. The van der Waals surface area contributed by atoms with E-state index in [4.69, 9.17) is 0 Å². The molecule has 0 saturated carbocycles. The second-order valence-electron chi connectivity index (χ2n) is 5.67. The predicted molar refractivity (Wildman–Crippen MR) is 80.3 cm³/mol. The lowest BCUT2D eigenvalue weighted by atomic mass is 9.99. The van der Waals surface area contributed by atoms with E-state index in [-0.39, 0.29) is 0 Å². The Morgan fingerprint density at radius 3 is 2.78 bits per heavy atom. The first-order valence-corrected chi connectivity index (χ1v) is 8.04. The van der Waals surface area contributed by atoms with Crippen LogP contribution < -0.4 is 5.32 Å². The molecule has 0 bridgehead atoms. The molecular weight excluding hydrogens is 240 g/mol. The largest absolute Gasteiger partial charge is 0.308 e. The summed E-state index contributed by atoms with van der Waals surface area (Å²) >= 11 is 1.87. The SMILES string of the molecule is Cc1ccsc1C(C)NCCN1CCC(C)CC1. The van der Waals surface area contributed by atoms with Gasteiger partial charge in [0, 0.05) is 24.0 Å². The number of thiophene rings is 1. The molecular formula is C15H26N2S. The molecule has 2 rings (SSSR count). The van der Waals surface area contributed by atoms with E-state index < -0.39 is 0 Å². The van der Waals surface area contributed by atoms with Crippen LogP contribution in [0, 0.1) is 12.8 Å². The topological polar surface area (TPSA) is 15.3 Å². The summed E-state index contributed by atoms with van der Waals surface area (Å²) in [7, 11) is 0. The highest BCUT2D eigenvalue weighted by Gasteiger charge is 2.15. The molecule has 1 aromatic rings. The first-order valence-electron chi connectivity index (χ1n) is 7.16. The number of likely N-dealkylation sites (tertiary alicyclic amines) is 1. The smallest absolute Gasteiger partial charge is 0.0389 e. The Bertz CT molecular complexity index is 353. The molecule has 1 fully saturated rings. The van der Waals surface area contributed by atoms with Crippen molar-refractivity contribution in [3.63, 3.8) is 0 Å². The third-order valence-electron chi connectivity index (χ3n) is 4.05. The molecule has 2 heterocycles. The molecule has 1 aromatic heterocycles. The van der Waals surface area contributed by atoms with Crippen LogP contribution in [0.5, 0.6) is 0 Å². The zero-order valence-electron chi connectivity index (χ0n) is 11.9. The lowest BCUT2D eigenvalue weighted by Gasteiger charge is -2.30. The second kappa shape index (κ2) is 6.69. The lowest BCUT2D eigenvalue weighted by Crippen LogP contribution is -2.38. The normalized spacial score (nSPS) is 20.2. The van der Waals surface area contributed by atoms with E-state index in [1.165, 1.54) is 42.9 Å². The quantitative estimate of drug-likeness (QED) is 0.878. The van der Waals surface area contributed by atoms with Gasteiger partial charge in [-0.05, 0) is 62.7 Å². The van der Waals surface area contributed by atoms with Crippen molar-refractivity contribution in [1.82, 2.24) is 10.2 Å². The molecule has 3 heteroatoms. The maximum Gasteiger partial charge on any atom is 0.0389 e. The molecule has 1 atom stereocenters. The number of aryl methyl sites for hydroxylation is 1. The van der Waals surface area contributed by atoms with Crippen molar-refractivity contribution in [2.75, 3.05) is 26.2 Å². The monoisotopic (exact) mass is 266 g/mol. The van der Waals surface area contributed by atoms with Gasteiger partial charge in [-0.2, -0.15) is 0 Å². The van der Waals surface area contributed by atoms with E-state index in [0.29, 0.717) is 6.04 Å². The van der Waals surface area contributed by atoms with Crippen LogP contribution in [0.3, 0.4) is 0 Å². The van der Waals surface area contributed by atoms with E-state index in [0.717, 1.165) is 12.5 Å². The van der Waals surface area contributed by atoms with Gasteiger partial charge in [0.05, 0.1) is 0 Å². The van der Waals surface area contributed by atoms with Gasteiger partial charge in [0.15, 0.2) is 0 Å². The number of nitrogens with zero attached hydrogens (tertiary/aromatic N) is 1. The fourth-order valence-electron chi connectivity index (χ4n) is 2.65. The molecule has 0 aromatic carbocycles. The summed E-state index contributed by atoms with van der Waals surface area (Å²) in [5.41, 5.74) is 1.42. The van der Waals surface area contributed by atoms with Gasteiger partial charge in [-0.1, -0.05) is 6.92 Å². The van der Waals surface area contributed by atoms with Gasteiger partial charge in [0.25, 0.3) is 0 Å². The molecule has 0 radical (unpaired) electrons. The zero-order valence-corrected chi connectivity index (χ0v) is 12.7. The predicted octanol–water partition coefficient (Wildman–Crippen LogP) is 3.44. The van der Waals surface area contributed by atoms with Crippen LogP contribution in [-0.4, -0.2) is 31.1 Å². The van der Waals surface area contributed by atoms with Crippen LogP contribution in [-0.2, 0) is 0 Å². The number of piperidine rings is 1. The first kappa shape index (κ1) is 14.0. The second-order valence-corrected chi connectivity index (χ2v) is 6.62. The van der Waals surface area contributed by atoms with Crippen molar-refractivity contribution < 1.29 is 0 Å². The van der Waals surface area contributed by atoms with Crippen molar-refractivity contribution in [3.05, 3.63) is 21.9 Å². The molecule has 0 aliphatic carbocycles. The number of hydrogen-bond donors (Lipinski definition) is 1. The third-order valence-corrected chi connectivity index (χ3v) is 5.25. The summed E-state index contributed by atoms with van der Waals surface area (Å²) in [5, 5.41) is 5.84. The van der Waals surface area contributed by atoms with Gasteiger partial charge in [-0.3, -0.25) is 0 Å². The van der Waals surface area contributed by atoms with Crippen LogP contribution in [0.2, 0.25) is 0 Å². The van der Waals surface area contributed by atoms with Crippen LogP contribution in [0.15, 0.2) is 11.4 Å². The van der Waals surface area contributed by atoms with E-state index >= 15 is 0 Å². The van der Waals surface area contributed by atoms with Gasteiger partial charge < -0.3 is 10.2 Å². The molecule has 1 N–H and O–H groups in total. The minimum absolute atomic E-state index is 0.494. The molecule has 102 valence electrons. The fourth-order valence-corrected chi connectivity index (χ4v) is 3.61. The minimum Gasteiger partial charge on any atom is -0.308 e. The average molecular weight is 266 g/mol. The van der Waals surface area contributed by atoms with E-state index in [9.17, 15) is 0 Å². The van der Waals surface area contributed by atoms with Gasteiger partial charge in [0.1, 0.15) is 0 Å². The molecule has 18 heavy (non-hydrogen) atoms. The van der Waals surface area contributed by atoms with Gasteiger partial charge >= 0.3 is 0 Å². The summed E-state index contributed by atoms with van der Waals surface area (Å²) in [6.07, 6.45) is 2.75. The van der Waals surface area contributed by atoms with E-state index in [2.05, 4.69) is 42.4 Å². The van der Waals surface area contributed by atoms with E-state index in [1.807, 2.05) is 11.3 Å². The molecule has 2 nitrogen and oxygen atoms in total. The Kier molecular flexibility index (Phi) is 5.22. The molecule has 0 amide bonds. The fraction of sp³-hybridized carbons (Fsp3) is 0.733. The van der Waals surface area contributed by atoms with Crippen LogP contribution >= 0.6 is 11.3 Å². The van der Waals surface area contributed by atoms with Gasteiger partial charge in [0.2, 0.25) is 0 Å². The number of rotatable bonds is 5. The van der Waals surface area contributed by atoms with Crippen molar-refractivity contribution >= 4 is 11.3 Å². The molecule has 1 aliphatic rings. The number of hydrogen-bond acceptors (Lipinski definition) is 3. The highest BCUT2D eigenvalue weighted by Crippen LogP contribution is 2.23. The molecule has 0 spiro atoms.